The number of methoxy groups -OCH3 is 1. The lowest BCUT2D eigenvalue weighted by atomic mass is 10.1. The van der Waals surface area contributed by atoms with Crippen LogP contribution >= 0.6 is 11.8 Å². The predicted octanol–water partition coefficient (Wildman–Crippen LogP) is 1.61. The number of carbonyl (C=O) groups excluding carboxylic acids is 1. The van der Waals surface area contributed by atoms with Gasteiger partial charge in [0, 0.05) is 19.4 Å². The second kappa shape index (κ2) is 6.67. The number of carboxylic acids is 1. The maximum atomic E-state index is 12.3. The predicted molar refractivity (Wildman–Crippen MR) is 78.8 cm³/mol. The minimum atomic E-state index is -0.957. The largest absolute Gasteiger partial charge is 0.480 e. The van der Waals surface area contributed by atoms with Crippen molar-refractivity contribution in [3.05, 3.63) is 0 Å². The number of thioether (sulfide) groups is 1. The van der Waals surface area contributed by atoms with Gasteiger partial charge in [-0.1, -0.05) is 13.8 Å². The Morgan fingerprint density at radius 3 is 2.55 bits per heavy atom. The molecule has 2 amide bonds. The lowest BCUT2D eigenvalue weighted by Crippen LogP contribution is -2.53. The first kappa shape index (κ1) is 17.1. The van der Waals surface area contributed by atoms with Gasteiger partial charge in [-0.25, -0.2) is 9.59 Å². The van der Waals surface area contributed by atoms with Crippen LogP contribution < -0.4 is 5.32 Å². The van der Waals surface area contributed by atoms with Crippen LogP contribution in [-0.4, -0.2) is 58.4 Å². The topological polar surface area (TPSA) is 78.9 Å². The van der Waals surface area contributed by atoms with Crippen molar-refractivity contribution in [2.75, 3.05) is 19.4 Å². The van der Waals surface area contributed by atoms with Crippen LogP contribution in [0, 0.1) is 5.92 Å². The van der Waals surface area contributed by atoms with Gasteiger partial charge >= 0.3 is 12.0 Å². The molecule has 0 radical (unpaired) electrons. The Hall–Kier alpha value is -0.950. The van der Waals surface area contributed by atoms with Crippen molar-refractivity contribution in [3.8, 4) is 0 Å². The first-order chi connectivity index (χ1) is 9.19. The SMILES string of the molecule is COC(C)(C)CNC(=O)N1C(C(=O)O)CSC1C(C)C. The summed E-state index contributed by atoms with van der Waals surface area (Å²) in [6.45, 7) is 8.03. The first-order valence-corrected chi connectivity index (χ1v) is 7.70. The summed E-state index contributed by atoms with van der Waals surface area (Å²) < 4.78 is 5.24. The van der Waals surface area contributed by atoms with E-state index in [9.17, 15) is 14.7 Å². The lowest BCUT2D eigenvalue weighted by Gasteiger charge is -2.31. The molecule has 1 heterocycles. The van der Waals surface area contributed by atoms with E-state index in [1.807, 2.05) is 27.7 Å². The fourth-order valence-electron chi connectivity index (χ4n) is 1.94. The van der Waals surface area contributed by atoms with E-state index < -0.39 is 17.6 Å². The Kier molecular flexibility index (Phi) is 5.70. The van der Waals surface area contributed by atoms with Crippen molar-refractivity contribution in [1.29, 1.82) is 0 Å². The molecule has 0 bridgehead atoms. The van der Waals surface area contributed by atoms with E-state index in [0.717, 1.165) is 0 Å². The van der Waals surface area contributed by atoms with Crippen molar-refractivity contribution >= 4 is 23.8 Å². The molecule has 0 aliphatic carbocycles. The summed E-state index contributed by atoms with van der Waals surface area (Å²) in [5, 5.41) is 11.9. The molecule has 0 spiro atoms. The Labute approximate surface area is 124 Å². The summed E-state index contributed by atoms with van der Waals surface area (Å²) in [5.74, 6) is -0.327. The molecule has 0 aromatic heterocycles. The number of aliphatic carboxylic acids is 1. The number of amides is 2. The molecule has 0 aromatic rings. The highest BCUT2D eigenvalue weighted by atomic mass is 32.2. The van der Waals surface area contributed by atoms with Gasteiger partial charge in [-0.2, -0.15) is 0 Å². The molecule has 2 unspecified atom stereocenters. The molecule has 2 atom stereocenters. The van der Waals surface area contributed by atoms with Crippen LogP contribution in [0.1, 0.15) is 27.7 Å². The van der Waals surface area contributed by atoms with Crippen LogP contribution in [-0.2, 0) is 9.53 Å². The summed E-state index contributed by atoms with van der Waals surface area (Å²) >= 11 is 1.52. The number of carbonyl (C=O) groups is 2. The second-order valence-electron chi connectivity index (χ2n) is 5.85. The van der Waals surface area contributed by atoms with E-state index in [4.69, 9.17) is 4.74 Å². The minimum Gasteiger partial charge on any atom is -0.480 e. The van der Waals surface area contributed by atoms with E-state index >= 15 is 0 Å². The summed E-state index contributed by atoms with van der Waals surface area (Å²) in [6, 6.07) is -1.11. The molecule has 1 rings (SSSR count). The van der Waals surface area contributed by atoms with Crippen LogP contribution in [0.3, 0.4) is 0 Å². The van der Waals surface area contributed by atoms with E-state index in [1.54, 1.807) is 7.11 Å². The van der Waals surface area contributed by atoms with Crippen molar-refractivity contribution in [1.82, 2.24) is 10.2 Å². The van der Waals surface area contributed by atoms with E-state index in [-0.39, 0.29) is 17.3 Å². The number of urea groups is 1. The number of carboxylic acid groups (broad SMARTS) is 1. The van der Waals surface area contributed by atoms with Crippen LogP contribution in [0.4, 0.5) is 4.79 Å². The molecular formula is C13H24N2O4S. The Balaban J connectivity index is 2.77. The number of nitrogens with zero attached hydrogens (tertiary/aromatic N) is 1. The maximum absolute atomic E-state index is 12.3. The van der Waals surface area contributed by atoms with Gasteiger partial charge in [0.15, 0.2) is 0 Å². The summed E-state index contributed by atoms with van der Waals surface area (Å²) in [7, 11) is 1.58. The number of rotatable bonds is 5. The zero-order chi connectivity index (χ0) is 15.5. The highest BCUT2D eigenvalue weighted by Gasteiger charge is 2.43. The van der Waals surface area contributed by atoms with Gasteiger partial charge < -0.3 is 15.2 Å². The van der Waals surface area contributed by atoms with Crippen LogP contribution in [0.15, 0.2) is 0 Å². The Morgan fingerprint density at radius 1 is 1.50 bits per heavy atom. The molecule has 2 N–H and O–H groups in total. The standard InChI is InChI=1S/C13H24N2O4S/c1-8(2)10-15(9(6-20-10)11(16)17)12(18)14-7-13(3,4)19-5/h8-10H,6-7H2,1-5H3,(H,14,18)(H,16,17). The molecule has 116 valence electrons. The molecule has 20 heavy (non-hydrogen) atoms. The maximum Gasteiger partial charge on any atom is 0.327 e. The van der Waals surface area contributed by atoms with Gasteiger partial charge in [0.25, 0.3) is 0 Å². The molecule has 1 saturated heterocycles. The lowest BCUT2D eigenvalue weighted by molar-refractivity contribution is -0.141. The van der Waals surface area contributed by atoms with Crippen LogP contribution in [0.25, 0.3) is 0 Å². The van der Waals surface area contributed by atoms with Gasteiger partial charge in [0.2, 0.25) is 0 Å². The number of ether oxygens (including phenoxy) is 1. The first-order valence-electron chi connectivity index (χ1n) is 6.65. The van der Waals surface area contributed by atoms with E-state index in [1.165, 1.54) is 16.7 Å². The number of nitrogens with one attached hydrogen (secondary N) is 1. The molecule has 0 saturated carbocycles. The normalized spacial score (nSPS) is 23.2. The van der Waals surface area contributed by atoms with Crippen molar-refractivity contribution < 1.29 is 19.4 Å². The second-order valence-corrected chi connectivity index (χ2v) is 7.00. The van der Waals surface area contributed by atoms with Crippen LogP contribution in [0.2, 0.25) is 0 Å². The zero-order valence-electron chi connectivity index (χ0n) is 12.7. The van der Waals surface area contributed by atoms with Gasteiger partial charge in [0.1, 0.15) is 6.04 Å². The average Bonchev–Trinajstić information content (AvgIpc) is 2.81. The number of hydrogen-bond acceptors (Lipinski definition) is 4. The molecule has 1 aliphatic rings. The Bertz CT molecular complexity index is 373. The summed E-state index contributed by atoms with van der Waals surface area (Å²) in [5.41, 5.74) is -0.478. The average molecular weight is 304 g/mol. The summed E-state index contributed by atoms with van der Waals surface area (Å²) in [4.78, 5) is 25.1. The number of hydrogen-bond donors (Lipinski definition) is 2. The molecule has 6 nitrogen and oxygen atoms in total. The molecule has 0 aromatic carbocycles. The van der Waals surface area contributed by atoms with Gasteiger partial charge in [-0.3, -0.25) is 4.90 Å². The van der Waals surface area contributed by atoms with Crippen molar-refractivity contribution in [3.63, 3.8) is 0 Å². The Morgan fingerprint density at radius 2 is 2.10 bits per heavy atom. The third-order valence-corrected chi connectivity index (χ3v) is 4.96. The molecule has 1 fully saturated rings. The molecule has 1 aliphatic heterocycles. The highest BCUT2D eigenvalue weighted by Crippen LogP contribution is 2.34. The van der Waals surface area contributed by atoms with Gasteiger partial charge in [-0.05, 0) is 19.8 Å². The summed E-state index contributed by atoms with van der Waals surface area (Å²) in [6.07, 6.45) is 0. The minimum absolute atomic E-state index is 0.109. The third kappa shape index (κ3) is 4.02. The van der Waals surface area contributed by atoms with Crippen molar-refractivity contribution in [2.24, 2.45) is 5.92 Å². The monoisotopic (exact) mass is 304 g/mol. The smallest absolute Gasteiger partial charge is 0.327 e. The van der Waals surface area contributed by atoms with Gasteiger partial charge in [0.05, 0.1) is 11.0 Å². The fraction of sp³-hybridized carbons (Fsp3) is 0.846. The van der Waals surface area contributed by atoms with Crippen molar-refractivity contribution in [2.45, 2.75) is 44.7 Å². The van der Waals surface area contributed by atoms with Crippen LogP contribution in [0.5, 0.6) is 0 Å². The zero-order valence-corrected chi connectivity index (χ0v) is 13.5. The molecule has 7 heteroatoms. The quantitative estimate of drug-likeness (QED) is 0.806. The third-order valence-electron chi connectivity index (χ3n) is 3.34. The highest BCUT2D eigenvalue weighted by molar-refractivity contribution is 8.00. The fourth-order valence-corrected chi connectivity index (χ4v) is 3.41. The van der Waals surface area contributed by atoms with Gasteiger partial charge in [-0.15, -0.1) is 11.8 Å². The van der Waals surface area contributed by atoms with E-state index in [0.29, 0.717) is 12.3 Å². The van der Waals surface area contributed by atoms with E-state index in [2.05, 4.69) is 5.32 Å². The molecular weight excluding hydrogens is 280 g/mol.